The van der Waals surface area contributed by atoms with Crippen LogP contribution in [-0.2, 0) is 6.54 Å². The van der Waals surface area contributed by atoms with Crippen molar-refractivity contribution in [3.8, 4) is 11.8 Å². The Balaban J connectivity index is 2.14. The summed E-state index contributed by atoms with van der Waals surface area (Å²) in [5.74, 6) is 5.76. The molecule has 1 aromatic heterocycles. The molecule has 1 heterocycles. The lowest BCUT2D eigenvalue weighted by molar-refractivity contribution is 0.784. The Morgan fingerprint density at radius 2 is 2.06 bits per heavy atom. The molecule has 0 radical (unpaired) electrons. The number of hydrogen-bond donors (Lipinski definition) is 1. The smallest absolute Gasteiger partial charge is 0.307 e. The fourth-order valence-corrected chi connectivity index (χ4v) is 2.04. The molecule has 3 nitrogen and oxygen atoms in total. The van der Waals surface area contributed by atoms with Gasteiger partial charge in [-0.25, -0.2) is 0 Å². The molecule has 0 unspecified atom stereocenters. The summed E-state index contributed by atoms with van der Waals surface area (Å²) in [4.78, 5) is 11.4. The second-order valence-corrected chi connectivity index (χ2v) is 4.36. The van der Waals surface area contributed by atoms with Crippen molar-refractivity contribution >= 4 is 11.3 Å². The average molecular weight is 244 g/mol. The third-order valence-electron chi connectivity index (χ3n) is 2.29. The third-order valence-corrected chi connectivity index (χ3v) is 2.98. The standard InChI is InChI=1S/C13H12N2OS/c14-7-1-2-11-3-5-12(6-4-11)10-15-8-9-17-13(15)16/h3-6,8-9H,7,10,14H2. The van der Waals surface area contributed by atoms with Crippen molar-refractivity contribution in [2.75, 3.05) is 6.54 Å². The largest absolute Gasteiger partial charge is 0.320 e. The molecule has 0 saturated carbocycles. The highest BCUT2D eigenvalue weighted by atomic mass is 32.1. The lowest BCUT2D eigenvalue weighted by atomic mass is 10.1. The molecule has 0 aliphatic carbocycles. The van der Waals surface area contributed by atoms with E-state index in [9.17, 15) is 4.79 Å². The van der Waals surface area contributed by atoms with Crippen LogP contribution in [0.1, 0.15) is 11.1 Å². The summed E-state index contributed by atoms with van der Waals surface area (Å²) in [6.07, 6.45) is 1.80. The maximum Gasteiger partial charge on any atom is 0.307 e. The Kier molecular flexibility index (Phi) is 3.76. The van der Waals surface area contributed by atoms with E-state index in [1.54, 1.807) is 16.1 Å². The van der Waals surface area contributed by atoms with E-state index in [1.807, 2.05) is 24.3 Å². The molecule has 0 spiro atoms. The maximum atomic E-state index is 11.4. The van der Waals surface area contributed by atoms with Gasteiger partial charge < -0.3 is 10.3 Å². The normalized spacial score (nSPS) is 9.71. The average Bonchev–Trinajstić information content (AvgIpc) is 2.74. The van der Waals surface area contributed by atoms with Crippen LogP contribution in [0.2, 0.25) is 0 Å². The summed E-state index contributed by atoms with van der Waals surface area (Å²) in [6, 6.07) is 7.83. The fourth-order valence-electron chi connectivity index (χ4n) is 1.45. The molecule has 0 amide bonds. The van der Waals surface area contributed by atoms with Gasteiger partial charge in [0.05, 0.1) is 13.1 Å². The van der Waals surface area contributed by atoms with Crippen LogP contribution < -0.4 is 10.6 Å². The van der Waals surface area contributed by atoms with Crippen LogP contribution in [0.3, 0.4) is 0 Å². The first-order valence-electron chi connectivity index (χ1n) is 5.21. The van der Waals surface area contributed by atoms with E-state index in [2.05, 4.69) is 11.8 Å². The van der Waals surface area contributed by atoms with Gasteiger partial charge in [-0.1, -0.05) is 35.3 Å². The van der Waals surface area contributed by atoms with Crippen molar-refractivity contribution in [1.82, 2.24) is 4.57 Å². The Morgan fingerprint density at radius 3 is 2.65 bits per heavy atom. The molecular weight excluding hydrogens is 232 g/mol. The monoisotopic (exact) mass is 244 g/mol. The number of nitrogens with zero attached hydrogens (tertiary/aromatic N) is 1. The summed E-state index contributed by atoms with van der Waals surface area (Å²) in [6.45, 7) is 0.971. The minimum Gasteiger partial charge on any atom is -0.320 e. The summed E-state index contributed by atoms with van der Waals surface area (Å²) in [5, 5.41) is 1.80. The van der Waals surface area contributed by atoms with E-state index in [-0.39, 0.29) is 4.87 Å². The Bertz CT molecular complexity index is 599. The molecule has 17 heavy (non-hydrogen) atoms. The third kappa shape index (κ3) is 3.06. The first-order valence-corrected chi connectivity index (χ1v) is 6.09. The number of thiazole rings is 1. The molecule has 0 bridgehead atoms. The molecular formula is C13H12N2OS. The van der Waals surface area contributed by atoms with Crippen molar-refractivity contribution in [2.24, 2.45) is 5.73 Å². The van der Waals surface area contributed by atoms with E-state index in [4.69, 9.17) is 5.73 Å². The van der Waals surface area contributed by atoms with Crippen molar-refractivity contribution in [1.29, 1.82) is 0 Å². The first-order chi connectivity index (χ1) is 8.29. The summed E-state index contributed by atoms with van der Waals surface area (Å²) in [7, 11) is 0. The van der Waals surface area contributed by atoms with Gasteiger partial charge in [-0.15, -0.1) is 0 Å². The van der Waals surface area contributed by atoms with Crippen LogP contribution in [0, 0.1) is 11.8 Å². The van der Waals surface area contributed by atoms with E-state index in [0.717, 1.165) is 11.1 Å². The second-order valence-electron chi connectivity index (χ2n) is 3.50. The molecule has 0 aliphatic heterocycles. The fraction of sp³-hybridized carbons (Fsp3) is 0.154. The minimum absolute atomic E-state index is 0.0667. The topological polar surface area (TPSA) is 48.0 Å². The predicted molar refractivity (Wildman–Crippen MR) is 70.1 cm³/mol. The molecule has 2 rings (SSSR count). The molecule has 86 valence electrons. The van der Waals surface area contributed by atoms with E-state index < -0.39 is 0 Å². The molecule has 4 heteroatoms. The highest BCUT2D eigenvalue weighted by Gasteiger charge is 1.98. The summed E-state index contributed by atoms with van der Waals surface area (Å²) >= 11 is 1.21. The highest BCUT2D eigenvalue weighted by Crippen LogP contribution is 2.05. The van der Waals surface area contributed by atoms with Gasteiger partial charge in [-0.05, 0) is 17.7 Å². The van der Waals surface area contributed by atoms with Gasteiger partial charge in [-0.2, -0.15) is 0 Å². The summed E-state index contributed by atoms with van der Waals surface area (Å²) < 4.78 is 1.69. The van der Waals surface area contributed by atoms with Crippen LogP contribution in [0.25, 0.3) is 0 Å². The van der Waals surface area contributed by atoms with Crippen molar-refractivity contribution in [3.63, 3.8) is 0 Å². The number of nitrogens with two attached hydrogens (primary N) is 1. The van der Waals surface area contributed by atoms with Crippen molar-refractivity contribution in [3.05, 3.63) is 56.6 Å². The Hall–Kier alpha value is -1.83. The molecule has 2 aromatic rings. The van der Waals surface area contributed by atoms with Gasteiger partial charge in [0.1, 0.15) is 0 Å². The van der Waals surface area contributed by atoms with Crippen LogP contribution in [0.15, 0.2) is 40.6 Å². The zero-order chi connectivity index (χ0) is 12.1. The van der Waals surface area contributed by atoms with Gasteiger partial charge in [0.15, 0.2) is 0 Å². The zero-order valence-electron chi connectivity index (χ0n) is 9.22. The SMILES string of the molecule is NCC#Cc1ccc(Cn2ccsc2=O)cc1. The van der Waals surface area contributed by atoms with Crippen LogP contribution in [-0.4, -0.2) is 11.1 Å². The number of rotatable bonds is 2. The molecule has 1 aromatic carbocycles. The molecule has 0 fully saturated rings. The molecule has 0 aliphatic rings. The van der Waals surface area contributed by atoms with E-state index in [0.29, 0.717) is 13.1 Å². The Labute approximate surface area is 104 Å². The van der Waals surface area contributed by atoms with Gasteiger partial charge in [0, 0.05) is 17.1 Å². The van der Waals surface area contributed by atoms with Gasteiger partial charge in [0.25, 0.3) is 0 Å². The van der Waals surface area contributed by atoms with Crippen molar-refractivity contribution in [2.45, 2.75) is 6.54 Å². The van der Waals surface area contributed by atoms with Gasteiger partial charge >= 0.3 is 4.87 Å². The number of hydrogen-bond acceptors (Lipinski definition) is 3. The van der Waals surface area contributed by atoms with E-state index in [1.165, 1.54) is 11.3 Å². The lowest BCUT2D eigenvalue weighted by Gasteiger charge is -2.01. The van der Waals surface area contributed by atoms with Crippen LogP contribution in [0.5, 0.6) is 0 Å². The number of aromatic nitrogens is 1. The molecule has 2 N–H and O–H groups in total. The minimum atomic E-state index is 0.0667. The first kappa shape index (κ1) is 11.6. The zero-order valence-corrected chi connectivity index (χ0v) is 10.0. The highest BCUT2D eigenvalue weighted by molar-refractivity contribution is 7.07. The lowest BCUT2D eigenvalue weighted by Crippen LogP contribution is -2.12. The number of benzene rings is 1. The summed E-state index contributed by atoms with van der Waals surface area (Å²) in [5.41, 5.74) is 7.33. The maximum absolute atomic E-state index is 11.4. The van der Waals surface area contributed by atoms with Gasteiger partial charge in [0.2, 0.25) is 0 Å². The van der Waals surface area contributed by atoms with E-state index >= 15 is 0 Å². The quantitative estimate of drug-likeness (QED) is 0.809. The van der Waals surface area contributed by atoms with Crippen LogP contribution >= 0.6 is 11.3 Å². The Morgan fingerprint density at radius 1 is 1.29 bits per heavy atom. The molecule has 0 saturated heterocycles. The molecule has 0 atom stereocenters. The van der Waals surface area contributed by atoms with Crippen molar-refractivity contribution < 1.29 is 0 Å². The van der Waals surface area contributed by atoms with Gasteiger partial charge in [-0.3, -0.25) is 4.79 Å². The second kappa shape index (κ2) is 5.48. The predicted octanol–water partition coefficient (Wildman–Crippen LogP) is 1.27. The van der Waals surface area contributed by atoms with Crippen LogP contribution in [0.4, 0.5) is 0 Å².